The monoisotopic (exact) mass is 330 g/mol. The summed E-state index contributed by atoms with van der Waals surface area (Å²) in [5, 5.41) is 4.62. The molecule has 1 heterocycles. The van der Waals surface area contributed by atoms with Crippen molar-refractivity contribution in [3.63, 3.8) is 0 Å². The molecule has 0 spiro atoms. The third kappa shape index (κ3) is 6.24. The van der Waals surface area contributed by atoms with Gasteiger partial charge in [-0.1, -0.05) is 36.4 Å². The van der Waals surface area contributed by atoms with E-state index >= 15 is 0 Å². The highest BCUT2D eigenvalue weighted by Crippen LogP contribution is 2.08. The number of nitrogens with one attached hydrogen (secondary N) is 1. The second-order valence-corrected chi connectivity index (χ2v) is 6.32. The summed E-state index contributed by atoms with van der Waals surface area (Å²) in [6.07, 6.45) is 1.83. The molecule has 0 radical (unpaired) electrons. The number of aryl methyl sites for hydroxylation is 1. The van der Waals surface area contributed by atoms with E-state index in [1.54, 1.807) is 6.07 Å². The Bertz CT molecular complexity index is 622. The topological polar surface area (TPSA) is 50.7 Å². The average molecular weight is 330 g/mol. The zero-order valence-corrected chi connectivity index (χ0v) is 14.3. The number of aliphatic imine (C=N–C) groups is 1. The second-order valence-electron chi connectivity index (χ2n) is 5.37. The molecule has 1 aromatic carbocycles. The van der Waals surface area contributed by atoms with Gasteiger partial charge in [-0.05, 0) is 43.7 Å². The third-order valence-electron chi connectivity index (χ3n) is 3.03. The number of nitrogens with zero attached hydrogens (tertiary/aromatic N) is 1. The molecule has 0 aliphatic heterocycles. The third-order valence-corrected chi connectivity index (χ3v) is 3.90. The van der Waals surface area contributed by atoms with Crippen LogP contribution in [0.4, 0.5) is 0 Å². The Morgan fingerprint density at radius 2 is 2.00 bits per heavy atom. The molecule has 0 fully saturated rings. The van der Waals surface area contributed by atoms with Gasteiger partial charge < -0.3 is 4.74 Å². The highest BCUT2D eigenvalue weighted by atomic mass is 32.1. The van der Waals surface area contributed by atoms with Gasteiger partial charge in [0, 0.05) is 6.54 Å². The number of carbonyl (C=O) groups excluding carboxylic acids is 1. The van der Waals surface area contributed by atoms with Gasteiger partial charge in [0.2, 0.25) is 0 Å². The number of amides is 1. The molecule has 0 atom stereocenters. The molecule has 2 aromatic rings. The van der Waals surface area contributed by atoms with Crippen LogP contribution in [0.15, 0.2) is 52.8 Å². The molecule has 1 N–H and O–H groups in total. The van der Waals surface area contributed by atoms with Crippen LogP contribution in [-0.4, -0.2) is 24.6 Å². The fraction of sp³-hybridized carbons (Fsp3) is 0.333. The van der Waals surface area contributed by atoms with Gasteiger partial charge in [0.25, 0.3) is 11.9 Å². The van der Waals surface area contributed by atoms with Crippen LogP contribution in [-0.2, 0) is 11.2 Å². The summed E-state index contributed by atoms with van der Waals surface area (Å²) in [4.78, 5) is 17.1. The first-order valence-corrected chi connectivity index (χ1v) is 8.63. The van der Waals surface area contributed by atoms with Gasteiger partial charge in [-0.15, -0.1) is 11.3 Å². The van der Waals surface area contributed by atoms with Crippen LogP contribution in [0.2, 0.25) is 0 Å². The number of ether oxygens (including phenoxy) is 1. The largest absolute Gasteiger partial charge is 0.462 e. The summed E-state index contributed by atoms with van der Waals surface area (Å²) in [5.41, 5.74) is 1.29. The maximum absolute atomic E-state index is 12.1. The van der Waals surface area contributed by atoms with Crippen LogP contribution >= 0.6 is 11.3 Å². The first-order chi connectivity index (χ1) is 11.1. The summed E-state index contributed by atoms with van der Waals surface area (Å²) in [5.74, 6) is -0.178. The van der Waals surface area contributed by atoms with Gasteiger partial charge in [-0.3, -0.25) is 10.1 Å². The van der Waals surface area contributed by atoms with Crippen molar-refractivity contribution in [3.8, 4) is 0 Å². The van der Waals surface area contributed by atoms with Gasteiger partial charge >= 0.3 is 0 Å². The van der Waals surface area contributed by atoms with Crippen molar-refractivity contribution in [2.75, 3.05) is 6.54 Å². The summed E-state index contributed by atoms with van der Waals surface area (Å²) in [7, 11) is 0. The molecule has 1 amide bonds. The Morgan fingerprint density at radius 3 is 2.65 bits per heavy atom. The van der Waals surface area contributed by atoms with Crippen molar-refractivity contribution in [1.82, 2.24) is 5.32 Å². The van der Waals surface area contributed by atoms with Crippen LogP contribution in [0, 0.1) is 0 Å². The molecule has 23 heavy (non-hydrogen) atoms. The minimum absolute atomic E-state index is 0.0356. The van der Waals surface area contributed by atoms with Gasteiger partial charge in [0.05, 0.1) is 11.0 Å². The lowest BCUT2D eigenvalue weighted by Crippen LogP contribution is -2.34. The summed E-state index contributed by atoms with van der Waals surface area (Å²) in [6.45, 7) is 4.44. The average Bonchev–Trinajstić information content (AvgIpc) is 3.06. The lowest BCUT2D eigenvalue weighted by atomic mass is 10.1. The fourth-order valence-electron chi connectivity index (χ4n) is 2.00. The number of thiophene rings is 1. The molecule has 0 aliphatic carbocycles. The van der Waals surface area contributed by atoms with E-state index in [-0.39, 0.29) is 12.0 Å². The predicted octanol–water partition coefficient (Wildman–Crippen LogP) is 3.89. The number of amidine groups is 1. The zero-order chi connectivity index (χ0) is 16.5. The van der Waals surface area contributed by atoms with E-state index in [0.29, 0.717) is 17.4 Å². The van der Waals surface area contributed by atoms with Crippen LogP contribution in [0.1, 0.15) is 35.5 Å². The molecule has 5 heteroatoms. The van der Waals surface area contributed by atoms with E-state index in [9.17, 15) is 4.79 Å². The smallest absolute Gasteiger partial charge is 0.291 e. The minimum Gasteiger partial charge on any atom is -0.462 e. The zero-order valence-electron chi connectivity index (χ0n) is 13.5. The first kappa shape index (κ1) is 17.2. The molecule has 2 rings (SSSR count). The highest BCUT2D eigenvalue weighted by Gasteiger charge is 2.11. The second kappa shape index (κ2) is 9.10. The van der Waals surface area contributed by atoms with Crippen LogP contribution < -0.4 is 5.32 Å². The van der Waals surface area contributed by atoms with E-state index in [0.717, 1.165) is 12.8 Å². The number of rotatable bonds is 6. The van der Waals surface area contributed by atoms with Crippen LogP contribution in [0.5, 0.6) is 0 Å². The normalized spacial score (nSPS) is 11.5. The van der Waals surface area contributed by atoms with Gasteiger partial charge in [-0.25, -0.2) is 4.99 Å². The van der Waals surface area contributed by atoms with E-state index in [1.807, 2.05) is 43.5 Å². The summed E-state index contributed by atoms with van der Waals surface area (Å²) >= 11 is 1.39. The van der Waals surface area contributed by atoms with E-state index in [1.165, 1.54) is 16.9 Å². The van der Waals surface area contributed by atoms with E-state index < -0.39 is 0 Å². The maximum Gasteiger partial charge on any atom is 0.291 e. The Balaban J connectivity index is 1.87. The molecular weight excluding hydrogens is 308 g/mol. The number of benzene rings is 1. The molecule has 122 valence electrons. The standard InChI is InChI=1S/C18H22N2O2S/c1-14(2)22-18(20-17(21)16-11-7-13-23-16)19-12-6-10-15-8-4-3-5-9-15/h3-5,7-9,11,13-14H,6,10,12H2,1-2H3,(H,19,20,21). The first-order valence-electron chi connectivity index (χ1n) is 7.75. The van der Waals surface area contributed by atoms with Crippen molar-refractivity contribution < 1.29 is 9.53 Å². The van der Waals surface area contributed by atoms with Gasteiger partial charge in [0.15, 0.2) is 0 Å². The molecule has 4 nitrogen and oxygen atoms in total. The van der Waals surface area contributed by atoms with Crippen LogP contribution in [0.25, 0.3) is 0 Å². The Morgan fingerprint density at radius 1 is 1.22 bits per heavy atom. The molecule has 0 saturated carbocycles. The lowest BCUT2D eigenvalue weighted by molar-refractivity contribution is 0.0963. The van der Waals surface area contributed by atoms with E-state index in [2.05, 4.69) is 22.4 Å². The molecule has 0 unspecified atom stereocenters. The number of carbonyl (C=O) groups is 1. The Kier molecular flexibility index (Phi) is 6.81. The molecule has 1 aromatic heterocycles. The van der Waals surface area contributed by atoms with Gasteiger partial charge in [-0.2, -0.15) is 0 Å². The minimum atomic E-state index is -0.178. The lowest BCUT2D eigenvalue weighted by Gasteiger charge is -2.13. The number of hydrogen-bond acceptors (Lipinski definition) is 4. The van der Waals surface area contributed by atoms with E-state index in [4.69, 9.17) is 4.74 Å². The van der Waals surface area contributed by atoms with Crippen molar-refractivity contribution in [2.45, 2.75) is 32.8 Å². The Hall–Kier alpha value is -2.14. The fourth-order valence-corrected chi connectivity index (χ4v) is 2.62. The quantitative estimate of drug-likeness (QED) is 0.496. The van der Waals surface area contributed by atoms with Crippen molar-refractivity contribution in [3.05, 3.63) is 58.3 Å². The highest BCUT2D eigenvalue weighted by molar-refractivity contribution is 7.12. The summed E-state index contributed by atoms with van der Waals surface area (Å²) < 4.78 is 5.59. The van der Waals surface area contributed by atoms with Crippen molar-refractivity contribution in [2.24, 2.45) is 4.99 Å². The van der Waals surface area contributed by atoms with Gasteiger partial charge in [0.1, 0.15) is 0 Å². The molecule has 0 bridgehead atoms. The van der Waals surface area contributed by atoms with Crippen molar-refractivity contribution in [1.29, 1.82) is 0 Å². The van der Waals surface area contributed by atoms with Crippen LogP contribution in [0.3, 0.4) is 0 Å². The Labute approximate surface area is 141 Å². The molecular formula is C18H22N2O2S. The predicted molar refractivity (Wildman–Crippen MR) is 95.1 cm³/mol. The summed E-state index contributed by atoms with van der Waals surface area (Å²) in [6, 6.07) is 14.2. The van der Waals surface area contributed by atoms with Crippen molar-refractivity contribution >= 4 is 23.3 Å². The molecule has 0 saturated heterocycles. The number of hydrogen-bond donors (Lipinski definition) is 1. The molecule has 0 aliphatic rings. The SMILES string of the molecule is CC(C)OC(=NCCCc1ccccc1)NC(=O)c1cccs1. The maximum atomic E-state index is 12.1.